The molecule has 0 fully saturated rings. The van der Waals surface area contributed by atoms with Crippen LogP contribution in [0, 0.1) is 11.3 Å². The summed E-state index contributed by atoms with van der Waals surface area (Å²) in [4.78, 5) is 2.04. The van der Waals surface area contributed by atoms with Gasteiger partial charge in [-0.3, -0.25) is 0 Å². The molecule has 0 aromatic heterocycles. The van der Waals surface area contributed by atoms with Gasteiger partial charge in [0.1, 0.15) is 0 Å². The monoisotopic (exact) mass is 265 g/mol. The van der Waals surface area contributed by atoms with Crippen molar-refractivity contribution in [2.24, 2.45) is 0 Å². The Morgan fingerprint density at radius 1 is 1.50 bits per heavy atom. The Balaban J connectivity index is 2.82. The second kappa shape index (κ2) is 7.25. The summed E-state index contributed by atoms with van der Waals surface area (Å²) in [6, 6.07) is 8.45. The van der Waals surface area contributed by atoms with Crippen LogP contribution < -0.4 is 10.2 Å². The van der Waals surface area contributed by atoms with Gasteiger partial charge in [-0.05, 0) is 31.2 Å². The molecule has 0 spiro atoms. The van der Waals surface area contributed by atoms with Crippen molar-refractivity contribution in [1.29, 1.82) is 5.26 Å². The minimum atomic E-state index is 0.251. The van der Waals surface area contributed by atoms with Crippen LogP contribution in [-0.4, -0.2) is 20.1 Å². The third kappa shape index (κ3) is 3.90. The molecule has 1 N–H and O–H groups in total. The molecule has 0 aliphatic heterocycles. The average Bonchev–Trinajstić information content (AvgIpc) is 2.35. The molecule has 0 heterocycles. The summed E-state index contributed by atoms with van der Waals surface area (Å²) in [5.74, 6) is 0. The Kier molecular flexibility index (Phi) is 5.97. The molecule has 18 heavy (non-hydrogen) atoms. The Labute approximate surface area is 114 Å². The van der Waals surface area contributed by atoms with E-state index in [-0.39, 0.29) is 6.04 Å². The maximum atomic E-state index is 8.58. The van der Waals surface area contributed by atoms with E-state index < -0.39 is 0 Å². The van der Waals surface area contributed by atoms with E-state index in [1.165, 1.54) is 0 Å². The molecule has 0 saturated carbocycles. The van der Waals surface area contributed by atoms with E-state index in [4.69, 9.17) is 16.9 Å². The van der Waals surface area contributed by atoms with E-state index in [2.05, 4.69) is 25.2 Å². The third-order valence-corrected chi connectivity index (χ3v) is 3.29. The highest BCUT2D eigenvalue weighted by Crippen LogP contribution is 2.27. The van der Waals surface area contributed by atoms with E-state index >= 15 is 0 Å². The minimum Gasteiger partial charge on any atom is -0.374 e. The molecule has 0 radical (unpaired) electrons. The van der Waals surface area contributed by atoms with Gasteiger partial charge in [-0.15, -0.1) is 0 Å². The van der Waals surface area contributed by atoms with Crippen LogP contribution in [0.25, 0.3) is 0 Å². The number of halogens is 1. The van der Waals surface area contributed by atoms with Crippen molar-refractivity contribution in [2.45, 2.75) is 26.3 Å². The maximum absolute atomic E-state index is 8.58. The fraction of sp³-hybridized carbons (Fsp3) is 0.500. The highest BCUT2D eigenvalue weighted by atomic mass is 35.5. The average molecular weight is 266 g/mol. The van der Waals surface area contributed by atoms with Gasteiger partial charge in [-0.1, -0.05) is 24.6 Å². The first-order valence-corrected chi connectivity index (χ1v) is 6.58. The lowest BCUT2D eigenvalue weighted by Gasteiger charge is -2.20. The van der Waals surface area contributed by atoms with Crippen LogP contribution in [0.3, 0.4) is 0 Å². The van der Waals surface area contributed by atoms with Crippen molar-refractivity contribution in [1.82, 2.24) is 5.32 Å². The zero-order valence-corrected chi connectivity index (χ0v) is 12.0. The Hall–Kier alpha value is -1.24. The molecular formula is C14H20ClN3. The van der Waals surface area contributed by atoms with Gasteiger partial charge in [0.25, 0.3) is 0 Å². The van der Waals surface area contributed by atoms with Crippen LogP contribution in [0.1, 0.15) is 31.9 Å². The zero-order valence-electron chi connectivity index (χ0n) is 11.2. The normalized spacial score (nSPS) is 11.9. The lowest BCUT2D eigenvalue weighted by atomic mass is 10.1. The van der Waals surface area contributed by atoms with Gasteiger partial charge in [0, 0.05) is 30.3 Å². The number of anilines is 1. The first kappa shape index (κ1) is 14.8. The van der Waals surface area contributed by atoms with E-state index in [0.29, 0.717) is 6.42 Å². The molecule has 4 heteroatoms. The van der Waals surface area contributed by atoms with Crippen molar-refractivity contribution in [3.63, 3.8) is 0 Å². The van der Waals surface area contributed by atoms with Crippen LogP contribution in [0.4, 0.5) is 5.69 Å². The van der Waals surface area contributed by atoms with E-state index in [0.717, 1.165) is 29.4 Å². The van der Waals surface area contributed by atoms with E-state index in [9.17, 15) is 0 Å². The molecule has 98 valence electrons. The maximum Gasteiger partial charge on any atom is 0.0640 e. The largest absolute Gasteiger partial charge is 0.374 e. The van der Waals surface area contributed by atoms with Gasteiger partial charge in [0.2, 0.25) is 0 Å². The fourth-order valence-electron chi connectivity index (χ4n) is 1.87. The molecule has 0 bridgehead atoms. The van der Waals surface area contributed by atoms with Gasteiger partial charge >= 0.3 is 0 Å². The van der Waals surface area contributed by atoms with E-state index in [1.807, 2.05) is 30.1 Å². The van der Waals surface area contributed by atoms with Crippen LogP contribution in [0.5, 0.6) is 0 Å². The van der Waals surface area contributed by atoms with Crippen molar-refractivity contribution in [2.75, 3.05) is 25.0 Å². The van der Waals surface area contributed by atoms with Crippen LogP contribution in [0.2, 0.25) is 5.02 Å². The van der Waals surface area contributed by atoms with Gasteiger partial charge in [-0.2, -0.15) is 5.26 Å². The van der Waals surface area contributed by atoms with Crippen LogP contribution in [-0.2, 0) is 0 Å². The van der Waals surface area contributed by atoms with Crippen molar-refractivity contribution >= 4 is 17.3 Å². The summed E-state index contributed by atoms with van der Waals surface area (Å²) >= 11 is 6.31. The Morgan fingerprint density at radius 3 is 2.78 bits per heavy atom. The molecule has 1 unspecified atom stereocenters. The molecule has 0 aliphatic carbocycles. The number of benzene rings is 1. The highest BCUT2D eigenvalue weighted by molar-refractivity contribution is 6.31. The molecule has 1 rings (SSSR count). The summed E-state index contributed by atoms with van der Waals surface area (Å²) in [6.45, 7) is 5.81. The number of nitrogens with one attached hydrogen (secondary N) is 1. The Morgan fingerprint density at radius 2 is 2.22 bits per heavy atom. The molecule has 0 amide bonds. The Bertz CT molecular complexity index is 426. The number of hydrogen-bond acceptors (Lipinski definition) is 3. The number of rotatable bonds is 6. The lowest BCUT2D eigenvalue weighted by molar-refractivity contribution is 0.598. The summed E-state index contributed by atoms with van der Waals surface area (Å²) in [7, 11) is 1.97. The molecule has 3 nitrogen and oxygen atoms in total. The molecule has 1 aromatic carbocycles. The van der Waals surface area contributed by atoms with Crippen molar-refractivity contribution in [3.8, 4) is 6.07 Å². The lowest BCUT2D eigenvalue weighted by Crippen LogP contribution is -2.20. The number of nitriles is 1. The van der Waals surface area contributed by atoms with Gasteiger partial charge < -0.3 is 10.2 Å². The highest BCUT2D eigenvalue weighted by Gasteiger charge is 2.10. The quantitative estimate of drug-likeness (QED) is 0.857. The summed E-state index contributed by atoms with van der Waals surface area (Å²) in [5.41, 5.74) is 2.15. The fourth-order valence-corrected chi connectivity index (χ4v) is 2.21. The van der Waals surface area contributed by atoms with Crippen molar-refractivity contribution < 1.29 is 0 Å². The number of hydrogen-bond donors (Lipinski definition) is 1. The molecule has 0 aliphatic rings. The SMILES string of the molecule is CCNC(C)c1ccc(N(C)CCC#N)cc1Cl. The first-order chi connectivity index (χ1) is 8.60. The smallest absolute Gasteiger partial charge is 0.0640 e. The van der Waals surface area contributed by atoms with Crippen LogP contribution >= 0.6 is 11.6 Å². The van der Waals surface area contributed by atoms with Crippen molar-refractivity contribution in [3.05, 3.63) is 28.8 Å². The van der Waals surface area contributed by atoms with Gasteiger partial charge in [0.05, 0.1) is 12.5 Å². The summed E-state index contributed by atoms with van der Waals surface area (Å²) < 4.78 is 0. The second-order valence-electron chi connectivity index (χ2n) is 4.31. The van der Waals surface area contributed by atoms with Gasteiger partial charge in [0.15, 0.2) is 0 Å². The number of nitrogens with zero attached hydrogens (tertiary/aromatic N) is 2. The summed E-state index contributed by atoms with van der Waals surface area (Å²) in [6.07, 6.45) is 0.518. The standard InChI is InChI=1S/C14H20ClN3/c1-4-17-11(2)13-7-6-12(10-14(13)15)18(3)9-5-8-16/h6-7,10-11,17H,4-5,9H2,1-3H3. The second-order valence-corrected chi connectivity index (χ2v) is 4.72. The molecular weight excluding hydrogens is 246 g/mol. The molecule has 1 aromatic rings. The predicted molar refractivity (Wildman–Crippen MR) is 77.0 cm³/mol. The third-order valence-electron chi connectivity index (χ3n) is 2.96. The van der Waals surface area contributed by atoms with E-state index in [1.54, 1.807) is 0 Å². The first-order valence-electron chi connectivity index (χ1n) is 6.21. The molecule has 1 atom stereocenters. The minimum absolute atomic E-state index is 0.251. The molecule has 0 saturated heterocycles. The van der Waals surface area contributed by atoms with Crippen LogP contribution in [0.15, 0.2) is 18.2 Å². The topological polar surface area (TPSA) is 39.1 Å². The zero-order chi connectivity index (χ0) is 13.5. The van der Waals surface area contributed by atoms with Gasteiger partial charge in [-0.25, -0.2) is 0 Å². The predicted octanol–water partition coefficient (Wildman–Crippen LogP) is 3.36. The summed E-state index contributed by atoms with van der Waals surface area (Å²) in [5, 5.41) is 12.7.